The summed E-state index contributed by atoms with van der Waals surface area (Å²) in [6.45, 7) is 2.38. The molecule has 1 aliphatic rings. The molecular formula is C19H19F2NO3. The van der Waals surface area contributed by atoms with Gasteiger partial charge in [0.15, 0.2) is 0 Å². The topological polar surface area (TPSA) is 49.8 Å². The summed E-state index contributed by atoms with van der Waals surface area (Å²) in [7, 11) is 0. The molecule has 4 nitrogen and oxygen atoms in total. The molecule has 1 N–H and O–H groups in total. The monoisotopic (exact) mass is 347 g/mol. The molecule has 1 amide bonds. The summed E-state index contributed by atoms with van der Waals surface area (Å²) >= 11 is 0. The van der Waals surface area contributed by atoms with Crippen LogP contribution in [-0.2, 0) is 0 Å². The smallest absolute Gasteiger partial charge is 0.254 e. The van der Waals surface area contributed by atoms with Gasteiger partial charge in [0.25, 0.3) is 5.91 Å². The van der Waals surface area contributed by atoms with Gasteiger partial charge in [0, 0.05) is 17.7 Å². The molecule has 25 heavy (non-hydrogen) atoms. The number of aliphatic hydroxyl groups excluding tert-OH is 1. The van der Waals surface area contributed by atoms with Gasteiger partial charge in [0.1, 0.15) is 17.4 Å². The lowest BCUT2D eigenvalue weighted by molar-refractivity contribution is 0.0713. The normalized spacial score (nSPS) is 19.9. The fraction of sp³-hybridized carbons (Fsp3) is 0.316. The highest BCUT2D eigenvalue weighted by Crippen LogP contribution is 2.35. The number of aliphatic hydroxyl groups is 1. The third kappa shape index (κ3) is 3.64. The van der Waals surface area contributed by atoms with Crippen molar-refractivity contribution in [2.45, 2.75) is 25.5 Å². The Kier molecular flexibility index (Phi) is 4.99. The Morgan fingerprint density at radius 1 is 1.28 bits per heavy atom. The molecule has 1 heterocycles. The molecule has 2 aromatic rings. The lowest BCUT2D eigenvalue weighted by Gasteiger charge is -2.25. The van der Waals surface area contributed by atoms with Gasteiger partial charge in [-0.05, 0) is 49.7 Å². The quantitative estimate of drug-likeness (QED) is 0.923. The van der Waals surface area contributed by atoms with E-state index in [9.17, 15) is 18.7 Å². The molecule has 0 spiro atoms. The van der Waals surface area contributed by atoms with Crippen LogP contribution in [0.3, 0.4) is 0 Å². The molecule has 0 bridgehead atoms. The standard InChI is InChI=1S/C19H19F2NO3/c1-2-25-15-5-3-4-12(8-15)19(24)22-11-14(23)10-18(22)16-9-13(20)6-7-17(16)21/h3-9,14,18,23H,2,10-11H2,1H3. The van der Waals surface area contributed by atoms with Crippen molar-refractivity contribution in [1.82, 2.24) is 4.90 Å². The van der Waals surface area contributed by atoms with Gasteiger partial charge < -0.3 is 14.7 Å². The lowest BCUT2D eigenvalue weighted by Crippen LogP contribution is -2.32. The van der Waals surface area contributed by atoms with Crippen molar-refractivity contribution in [3.8, 4) is 5.75 Å². The number of likely N-dealkylation sites (tertiary alicyclic amines) is 1. The minimum absolute atomic E-state index is 0.0678. The molecule has 3 rings (SSSR count). The number of hydrogen-bond acceptors (Lipinski definition) is 3. The highest BCUT2D eigenvalue weighted by molar-refractivity contribution is 5.95. The van der Waals surface area contributed by atoms with Gasteiger partial charge in [-0.15, -0.1) is 0 Å². The first-order valence-corrected chi connectivity index (χ1v) is 8.16. The van der Waals surface area contributed by atoms with Gasteiger partial charge in [-0.25, -0.2) is 8.78 Å². The first-order chi connectivity index (χ1) is 12.0. The fourth-order valence-electron chi connectivity index (χ4n) is 3.15. The summed E-state index contributed by atoms with van der Waals surface area (Å²) in [4.78, 5) is 14.3. The molecule has 0 aliphatic carbocycles. The zero-order chi connectivity index (χ0) is 18.0. The Morgan fingerprint density at radius 2 is 2.08 bits per heavy atom. The highest BCUT2D eigenvalue weighted by atomic mass is 19.1. The number of benzene rings is 2. The van der Waals surface area contributed by atoms with Crippen LogP contribution in [0.1, 0.15) is 35.3 Å². The Balaban J connectivity index is 1.92. The second-order valence-corrected chi connectivity index (χ2v) is 5.99. The second kappa shape index (κ2) is 7.19. The Labute approximate surface area is 144 Å². The van der Waals surface area contributed by atoms with E-state index in [2.05, 4.69) is 0 Å². The summed E-state index contributed by atoms with van der Waals surface area (Å²) in [5, 5.41) is 9.99. The first kappa shape index (κ1) is 17.4. The Morgan fingerprint density at radius 3 is 2.84 bits per heavy atom. The van der Waals surface area contributed by atoms with Crippen LogP contribution in [0, 0.1) is 11.6 Å². The zero-order valence-corrected chi connectivity index (χ0v) is 13.8. The van der Waals surface area contributed by atoms with E-state index in [-0.39, 0.29) is 24.4 Å². The SMILES string of the molecule is CCOc1cccc(C(=O)N2CC(O)CC2c2cc(F)ccc2F)c1. The summed E-state index contributed by atoms with van der Waals surface area (Å²) in [5.41, 5.74) is 0.452. The third-order valence-corrected chi connectivity index (χ3v) is 4.25. The lowest BCUT2D eigenvalue weighted by atomic mass is 10.0. The molecule has 1 saturated heterocycles. The van der Waals surface area contributed by atoms with Crippen LogP contribution in [0.25, 0.3) is 0 Å². The van der Waals surface area contributed by atoms with Crippen LogP contribution in [0.5, 0.6) is 5.75 Å². The Hall–Kier alpha value is -2.47. The van der Waals surface area contributed by atoms with Gasteiger partial charge in [0.05, 0.1) is 18.8 Å². The Bertz CT molecular complexity index is 781. The van der Waals surface area contributed by atoms with E-state index in [1.807, 2.05) is 6.92 Å². The zero-order valence-electron chi connectivity index (χ0n) is 13.8. The number of carbonyl (C=O) groups excluding carboxylic acids is 1. The molecular weight excluding hydrogens is 328 g/mol. The van der Waals surface area contributed by atoms with Crippen molar-refractivity contribution in [2.24, 2.45) is 0 Å². The van der Waals surface area contributed by atoms with Gasteiger partial charge in [-0.1, -0.05) is 6.07 Å². The average Bonchev–Trinajstić information content (AvgIpc) is 2.98. The maximum atomic E-state index is 14.1. The van der Waals surface area contributed by atoms with Crippen molar-refractivity contribution in [1.29, 1.82) is 0 Å². The van der Waals surface area contributed by atoms with Crippen molar-refractivity contribution in [3.05, 3.63) is 65.2 Å². The van der Waals surface area contributed by atoms with Crippen LogP contribution in [0.2, 0.25) is 0 Å². The number of ether oxygens (including phenoxy) is 1. The molecule has 132 valence electrons. The van der Waals surface area contributed by atoms with Crippen LogP contribution in [0.15, 0.2) is 42.5 Å². The maximum Gasteiger partial charge on any atom is 0.254 e. The largest absolute Gasteiger partial charge is 0.494 e. The second-order valence-electron chi connectivity index (χ2n) is 5.99. The van der Waals surface area contributed by atoms with Crippen molar-refractivity contribution in [2.75, 3.05) is 13.2 Å². The van der Waals surface area contributed by atoms with Crippen LogP contribution in [-0.4, -0.2) is 35.2 Å². The van der Waals surface area contributed by atoms with Gasteiger partial charge in [-0.2, -0.15) is 0 Å². The number of hydrogen-bond donors (Lipinski definition) is 1. The minimum Gasteiger partial charge on any atom is -0.494 e. The number of nitrogens with zero attached hydrogens (tertiary/aromatic N) is 1. The van der Waals surface area contributed by atoms with Gasteiger partial charge >= 0.3 is 0 Å². The first-order valence-electron chi connectivity index (χ1n) is 8.16. The summed E-state index contributed by atoms with van der Waals surface area (Å²) in [6, 6.07) is 9.11. The maximum absolute atomic E-state index is 14.1. The molecule has 1 aliphatic heterocycles. The van der Waals surface area contributed by atoms with E-state index in [4.69, 9.17) is 4.74 Å². The molecule has 2 unspecified atom stereocenters. The molecule has 2 aromatic carbocycles. The third-order valence-electron chi connectivity index (χ3n) is 4.25. The number of halogens is 2. The molecule has 2 atom stereocenters. The van der Waals surface area contributed by atoms with E-state index in [1.165, 1.54) is 4.90 Å². The molecule has 0 aromatic heterocycles. The van der Waals surface area contributed by atoms with E-state index < -0.39 is 23.8 Å². The van der Waals surface area contributed by atoms with E-state index >= 15 is 0 Å². The summed E-state index contributed by atoms with van der Waals surface area (Å²) in [6.07, 6.45) is -0.622. The molecule has 6 heteroatoms. The molecule has 1 fully saturated rings. The highest BCUT2D eigenvalue weighted by Gasteiger charge is 2.37. The molecule has 0 radical (unpaired) electrons. The van der Waals surface area contributed by atoms with Crippen molar-refractivity contribution in [3.63, 3.8) is 0 Å². The minimum atomic E-state index is -0.785. The number of carbonyl (C=O) groups is 1. The van der Waals surface area contributed by atoms with Crippen molar-refractivity contribution >= 4 is 5.91 Å². The van der Waals surface area contributed by atoms with Gasteiger partial charge in [0.2, 0.25) is 0 Å². The van der Waals surface area contributed by atoms with Gasteiger partial charge in [-0.3, -0.25) is 4.79 Å². The molecule has 0 saturated carbocycles. The number of amides is 1. The summed E-state index contributed by atoms with van der Waals surface area (Å²) in [5.74, 6) is -0.974. The fourth-order valence-corrected chi connectivity index (χ4v) is 3.15. The number of rotatable bonds is 4. The summed E-state index contributed by atoms with van der Waals surface area (Å²) < 4.78 is 33.1. The number of β-amino-alcohol motifs (C(OH)–C–C–N with tert-alkyl or cyclic N) is 1. The van der Waals surface area contributed by atoms with Crippen LogP contribution >= 0.6 is 0 Å². The van der Waals surface area contributed by atoms with Crippen LogP contribution < -0.4 is 4.74 Å². The van der Waals surface area contributed by atoms with E-state index in [1.54, 1.807) is 24.3 Å². The predicted octanol–water partition coefficient (Wildman–Crippen LogP) is 3.31. The van der Waals surface area contributed by atoms with Crippen LogP contribution in [0.4, 0.5) is 8.78 Å². The average molecular weight is 347 g/mol. The predicted molar refractivity (Wildman–Crippen MR) is 88.4 cm³/mol. The van der Waals surface area contributed by atoms with E-state index in [0.717, 1.165) is 18.2 Å². The van der Waals surface area contributed by atoms with E-state index in [0.29, 0.717) is 17.9 Å². The van der Waals surface area contributed by atoms with Crippen molar-refractivity contribution < 1.29 is 23.4 Å².